The topological polar surface area (TPSA) is 76.2 Å². The minimum Gasteiger partial charge on any atom is -0.452 e. The van der Waals surface area contributed by atoms with Crippen molar-refractivity contribution in [2.75, 3.05) is 39.4 Å². The van der Waals surface area contributed by atoms with Crippen molar-refractivity contribution in [3.8, 4) is 0 Å². The van der Waals surface area contributed by atoms with Gasteiger partial charge >= 0.3 is 12.1 Å². The molecule has 1 aromatic rings. The van der Waals surface area contributed by atoms with E-state index in [1.807, 2.05) is 0 Å². The van der Waals surface area contributed by atoms with Crippen molar-refractivity contribution < 1.29 is 23.9 Å². The van der Waals surface area contributed by atoms with Gasteiger partial charge in [0, 0.05) is 47.9 Å². The minimum atomic E-state index is -0.676. The SMILES string of the molecule is CCOC(=O)N1CCN(C(=O)COC(=O)/C=C/c2c(Cl)cccc2Cl)CC1. The van der Waals surface area contributed by atoms with Crippen LogP contribution < -0.4 is 0 Å². The third kappa shape index (κ3) is 6.15. The predicted molar refractivity (Wildman–Crippen MR) is 102 cm³/mol. The second-order valence-electron chi connectivity index (χ2n) is 5.64. The fourth-order valence-corrected chi connectivity index (χ4v) is 2.97. The summed E-state index contributed by atoms with van der Waals surface area (Å²) >= 11 is 12.0. The minimum absolute atomic E-state index is 0.306. The maximum Gasteiger partial charge on any atom is 0.409 e. The van der Waals surface area contributed by atoms with Gasteiger partial charge in [0.05, 0.1) is 6.61 Å². The highest BCUT2D eigenvalue weighted by molar-refractivity contribution is 6.37. The van der Waals surface area contributed by atoms with E-state index in [2.05, 4.69) is 0 Å². The van der Waals surface area contributed by atoms with Crippen molar-refractivity contribution in [1.82, 2.24) is 9.80 Å². The smallest absolute Gasteiger partial charge is 0.409 e. The average Bonchev–Trinajstić information content (AvgIpc) is 2.66. The van der Waals surface area contributed by atoms with E-state index >= 15 is 0 Å². The van der Waals surface area contributed by atoms with Gasteiger partial charge in [-0.1, -0.05) is 29.3 Å². The van der Waals surface area contributed by atoms with Gasteiger partial charge in [0.2, 0.25) is 0 Å². The highest BCUT2D eigenvalue weighted by atomic mass is 35.5. The number of amides is 2. The Labute approximate surface area is 167 Å². The third-order valence-corrected chi connectivity index (χ3v) is 4.54. The van der Waals surface area contributed by atoms with Crippen molar-refractivity contribution in [2.24, 2.45) is 0 Å². The Balaban J connectivity index is 1.78. The second kappa shape index (κ2) is 10.2. The number of piperazine rings is 1. The number of ether oxygens (including phenoxy) is 2. The molecular weight excluding hydrogens is 395 g/mol. The molecule has 0 N–H and O–H groups in total. The lowest BCUT2D eigenvalue weighted by molar-refractivity contribution is -0.148. The zero-order valence-corrected chi connectivity index (χ0v) is 16.3. The molecule has 1 fully saturated rings. The lowest BCUT2D eigenvalue weighted by Gasteiger charge is -2.33. The standard InChI is InChI=1S/C18H20Cl2N2O5/c1-2-26-18(25)22-10-8-21(9-11-22)16(23)12-27-17(24)7-6-13-14(19)4-3-5-15(13)20/h3-7H,2,8-12H2,1H3/b7-6+. The number of hydrogen-bond acceptors (Lipinski definition) is 5. The molecule has 1 aromatic carbocycles. The molecule has 0 atom stereocenters. The molecule has 1 aliphatic heterocycles. The molecule has 0 aromatic heterocycles. The van der Waals surface area contributed by atoms with Gasteiger partial charge in [-0.05, 0) is 25.1 Å². The number of carbonyl (C=O) groups excluding carboxylic acids is 3. The fourth-order valence-electron chi connectivity index (χ4n) is 2.45. The number of esters is 1. The lowest BCUT2D eigenvalue weighted by Crippen LogP contribution is -2.51. The molecule has 9 heteroatoms. The molecule has 27 heavy (non-hydrogen) atoms. The van der Waals surface area contributed by atoms with E-state index in [4.69, 9.17) is 32.7 Å². The zero-order chi connectivity index (χ0) is 19.8. The molecule has 1 saturated heterocycles. The summed E-state index contributed by atoms with van der Waals surface area (Å²) in [6.07, 6.45) is 2.22. The first-order valence-corrected chi connectivity index (χ1v) is 9.16. The molecule has 1 heterocycles. The summed E-state index contributed by atoms with van der Waals surface area (Å²) in [4.78, 5) is 38.6. The number of rotatable bonds is 5. The van der Waals surface area contributed by atoms with Gasteiger partial charge in [-0.2, -0.15) is 0 Å². The third-order valence-electron chi connectivity index (χ3n) is 3.88. The molecule has 2 rings (SSSR count). The van der Waals surface area contributed by atoms with Gasteiger partial charge in [0.1, 0.15) is 0 Å². The Morgan fingerprint density at radius 2 is 1.63 bits per heavy atom. The van der Waals surface area contributed by atoms with E-state index in [0.717, 1.165) is 0 Å². The van der Waals surface area contributed by atoms with Crippen LogP contribution in [-0.2, 0) is 19.1 Å². The molecule has 0 aliphatic carbocycles. The van der Waals surface area contributed by atoms with E-state index in [1.54, 1.807) is 25.1 Å². The van der Waals surface area contributed by atoms with Crippen LogP contribution in [-0.4, -0.2) is 67.2 Å². The number of nitrogens with zero attached hydrogens (tertiary/aromatic N) is 2. The van der Waals surface area contributed by atoms with Gasteiger partial charge in [-0.25, -0.2) is 9.59 Å². The molecule has 1 aliphatic rings. The first-order valence-electron chi connectivity index (χ1n) is 8.40. The van der Waals surface area contributed by atoms with E-state index in [-0.39, 0.29) is 18.6 Å². The highest BCUT2D eigenvalue weighted by Crippen LogP contribution is 2.25. The summed E-state index contributed by atoms with van der Waals surface area (Å²) in [5.41, 5.74) is 0.499. The van der Waals surface area contributed by atoms with Gasteiger partial charge in [0.25, 0.3) is 5.91 Å². The van der Waals surface area contributed by atoms with Gasteiger partial charge in [0.15, 0.2) is 6.61 Å². The molecule has 0 bridgehead atoms. The van der Waals surface area contributed by atoms with Crippen LogP contribution in [0.4, 0.5) is 4.79 Å². The highest BCUT2D eigenvalue weighted by Gasteiger charge is 2.25. The zero-order valence-electron chi connectivity index (χ0n) is 14.8. The summed E-state index contributed by atoms with van der Waals surface area (Å²) in [6, 6.07) is 5.00. The number of halogens is 2. The number of carbonyl (C=O) groups is 3. The predicted octanol–water partition coefficient (Wildman–Crippen LogP) is 2.85. The molecule has 7 nitrogen and oxygen atoms in total. The van der Waals surface area contributed by atoms with Crippen LogP contribution in [0.5, 0.6) is 0 Å². The molecule has 0 spiro atoms. The van der Waals surface area contributed by atoms with E-state index in [1.165, 1.54) is 22.0 Å². The Hall–Kier alpha value is -2.25. The summed E-state index contributed by atoms with van der Waals surface area (Å²) in [6.45, 7) is 3.15. The van der Waals surface area contributed by atoms with Crippen LogP contribution in [0.2, 0.25) is 10.0 Å². The van der Waals surface area contributed by atoms with Crippen molar-refractivity contribution in [3.63, 3.8) is 0 Å². The number of hydrogen-bond donors (Lipinski definition) is 0. The van der Waals surface area contributed by atoms with Gasteiger partial charge in [-0.3, -0.25) is 4.79 Å². The van der Waals surface area contributed by atoms with Crippen molar-refractivity contribution in [3.05, 3.63) is 39.9 Å². The average molecular weight is 415 g/mol. The van der Waals surface area contributed by atoms with Crippen LogP contribution in [0, 0.1) is 0 Å². The Kier molecular flexibility index (Phi) is 7.94. The summed E-state index contributed by atoms with van der Waals surface area (Å²) in [5.74, 6) is -1.000. The largest absolute Gasteiger partial charge is 0.452 e. The maximum atomic E-state index is 12.1. The van der Waals surface area contributed by atoms with E-state index in [0.29, 0.717) is 48.4 Å². The van der Waals surface area contributed by atoms with Crippen molar-refractivity contribution in [2.45, 2.75) is 6.92 Å². The first-order chi connectivity index (χ1) is 12.9. The molecule has 146 valence electrons. The molecular formula is C18H20Cl2N2O5. The monoisotopic (exact) mass is 414 g/mol. The van der Waals surface area contributed by atoms with Gasteiger partial charge < -0.3 is 19.3 Å². The van der Waals surface area contributed by atoms with E-state index < -0.39 is 5.97 Å². The van der Waals surface area contributed by atoms with Crippen LogP contribution in [0.3, 0.4) is 0 Å². The van der Waals surface area contributed by atoms with Crippen molar-refractivity contribution >= 4 is 47.2 Å². The summed E-state index contributed by atoms with van der Waals surface area (Å²) < 4.78 is 9.89. The molecule has 0 saturated carbocycles. The second-order valence-corrected chi connectivity index (χ2v) is 6.46. The molecule has 0 radical (unpaired) electrons. The van der Waals surface area contributed by atoms with Crippen LogP contribution >= 0.6 is 23.2 Å². The lowest BCUT2D eigenvalue weighted by atomic mass is 10.2. The van der Waals surface area contributed by atoms with Crippen LogP contribution in [0.15, 0.2) is 24.3 Å². The maximum absolute atomic E-state index is 12.1. The summed E-state index contributed by atoms with van der Waals surface area (Å²) in [7, 11) is 0. The molecule has 2 amide bonds. The quantitative estimate of drug-likeness (QED) is 0.546. The van der Waals surface area contributed by atoms with Crippen molar-refractivity contribution in [1.29, 1.82) is 0 Å². The first kappa shape index (κ1) is 21.1. The summed E-state index contributed by atoms with van der Waals surface area (Å²) in [5, 5.41) is 0.809. The Bertz CT molecular complexity index is 710. The normalized spacial score (nSPS) is 14.3. The van der Waals surface area contributed by atoms with Gasteiger partial charge in [-0.15, -0.1) is 0 Å². The fraction of sp³-hybridized carbons (Fsp3) is 0.389. The Morgan fingerprint density at radius 3 is 2.22 bits per heavy atom. The van der Waals surface area contributed by atoms with Crippen LogP contribution in [0.25, 0.3) is 6.08 Å². The number of benzene rings is 1. The molecule has 0 unspecified atom stereocenters. The Morgan fingerprint density at radius 1 is 1.04 bits per heavy atom. The van der Waals surface area contributed by atoms with Crippen LogP contribution in [0.1, 0.15) is 12.5 Å². The van der Waals surface area contributed by atoms with E-state index in [9.17, 15) is 14.4 Å².